The van der Waals surface area contributed by atoms with Crippen molar-refractivity contribution in [3.8, 4) is 23.0 Å². The Morgan fingerprint density at radius 1 is 0.905 bits per heavy atom. The van der Waals surface area contributed by atoms with Crippen LogP contribution in [0.2, 0.25) is 0 Å². The smallest absolute Gasteiger partial charge is 0.493 e. The Balaban J connectivity index is 2.32. The molecule has 0 heterocycles. The fourth-order valence-electron chi connectivity index (χ4n) is 1.72. The van der Waals surface area contributed by atoms with Gasteiger partial charge in [-0.2, -0.15) is 0 Å². The number of hydrogen-bond acceptors (Lipinski definition) is 3. The van der Waals surface area contributed by atoms with E-state index < -0.39 is 6.36 Å². The third-order valence-corrected chi connectivity index (χ3v) is 2.68. The lowest BCUT2D eigenvalue weighted by molar-refractivity contribution is -0.274. The zero-order chi connectivity index (χ0) is 15.5. The van der Waals surface area contributed by atoms with E-state index in [1.807, 2.05) is 19.1 Å². The van der Waals surface area contributed by atoms with Gasteiger partial charge in [0.1, 0.15) is 11.5 Å². The second-order valence-electron chi connectivity index (χ2n) is 4.23. The molecule has 3 nitrogen and oxygen atoms in total. The molecule has 0 fully saturated rings. The Labute approximate surface area is 119 Å². The summed E-state index contributed by atoms with van der Waals surface area (Å²) in [5, 5.41) is 0. The summed E-state index contributed by atoms with van der Waals surface area (Å²) in [6.07, 6.45) is -4.76. The molecule has 2 rings (SSSR count). The summed E-state index contributed by atoms with van der Waals surface area (Å²) >= 11 is 0. The minimum atomic E-state index is -4.76. The van der Waals surface area contributed by atoms with Gasteiger partial charge >= 0.3 is 6.36 Å². The summed E-state index contributed by atoms with van der Waals surface area (Å²) < 4.78 is 51.3. The zero-order valence-corrected chi connectivity index (χ0v) is 11.4. The molecule has 0 aliphatic carbocycles. The van der Waals surface area contributed by atoms with Gasteiger partial charge in [0.05, 0.1) is 7.11 Å². The molecule has 21 heavy (non-hydrogen) atoms. The van der Waals surface area contributed by atoms with Crippen LogP contribution in [-0.2, 0) is 0 Å². The van der Waals surface area contributed by atoms with Crippen molar-refractivity contribution in [3.63, 3.8) is 0 Å². The number of rotatable bonds is 4. The number of aryl methyl sites for hydroxylation is 1. The molecule has 112 valence electrons. The maximum absolute atomic E-state index is 12.3. The van der Waals surface area contributed by atoms with Gasteiger partial charge in [0, 0.05) is 6.07 Å². The molecule has 6 heteroatoms. The van der Waals surface area contributed by atoms with Gasteiger partial charge in [-0.25, -0.2) is 0 Å². The van der Waals surface area contributed by atoms with Gasteiger partial charge in [-0.3, -0.25) is 0 Å². The van der Waals surface area contributed by atoms with Crippen molar-refractivity contribution in [3.05, 3.63) is 48.0 Å². The maximum Gasteiger partial charge on any atom is 0.573 e. The standard InChI is InChI=1S/C15H13F3O3/c1-10-5-3-4-6-12(10)20-14-9-11(21-15(16,17)18)7-8-13(14)19-2/h3-9H,1-2H3. The molecule has 0 amide bonds. The number of alkyl halides is 3. The lowest BCUT2D eigenvalue weighted by Gasteiger charge is -2.14. The normalized spacial score (nSPS) is 11.1. The summed E-state index contributed by atoms with van der Waals surface area (Å²) in [7, 11) is 1.41. The maximum atomic E-state index is 12.3. The van der Waals surface area contributed by atoms with Crippen LogP contribution in [0.15, 0.2) is 42.5 Å². The highest BCUT2D eigenvalue weighted by molar-refractivity contribution is 5.48. The first-order chi connectivity index (χ1) is 9.89. The highest BCUT2D eigenvalue weighted by Crippen LogP contribution is 2.37. The molecule has 0 saturated heterocycles. The summed E-state index contributed by atoms with van der Waals surface area (Å²) in [6, 6.07) is 10.8. The highest BCUT2D eigenvalue weighted by atomic mass is 19.4. The first kappa shape index (κ1) is 15.0. The number of halogens is 3. The number of methoxy groups -OCH3 is 1. The molecule has 0 atom stereocenters. The van der Waals surface area contributed by atoms with Gasteiger partial charge in [0.25, 0.3) is 0 Å². The molecule has 0 spiro atoms. The first-order valence-electron chi connectivity index (χ1n) is 6.06. The molecule has 0 aromatic heterocycles. The van der Waals surface area contributed by atoms with E-state index in [-0.39, 0.29) is 11.5 Å². The Hall–Kier alpha value is -2.37. The van der Waals surface area contributed by atoms with Crippen molar-refractivity contribution in [1.82, 2.24) is 0 Å². The van der Waals surface area contributed by atoms with Crippen LogP contribution in [0, 0.1) is 6.92 Å². The van der Waals surface area contributed by atoms with E-state index in [1.54, 1.807) is 12.1 Å². The zero-order valence-electron chi connectivity index (χ0n) is 11.4. The van der Waals surface area contributed by atoms with Crippen LogP contribution in [0.1, 0.15) is 5.56 Å². The van der Waals surface area contributed by atoms with Crippen molar-refractivity contribution < 1.29 is 27.4 Å². The molecule has 0 radical (unpaired) electrons. The second kappa shape index (κ2) is 5.95. The fraction of sp³-hybridized carbons (Fsp3) is 0.200. The van der Waals surface area contributed by atoms with Crippen LogP contribution in [-0.4, -0.2) is 13.5 Å². The third-order valence-electron chi connectivity index (χ3n) is 2.68. The van der Waals surface area contributed by atoms with Crippen LogP contribution in [0.25, 0.3) is 0 Å². The predicted octanol–water partition coefficient (Wildman–Crippen LogP) is 4.69. The summed E-state index contributed by atoms with van der Waals surface area (Å²) in [5.74, 6) is 0.619. The van der Waals surface area contributed by atoms with Crippen molar-refractivity contribution in [2.45, 2.75) is 13.3 Å². The minimum absolute atomic E-state index is 0.147. The number of benzene rings is 2. The Morgan fingerprint density at radius 3 is 2.24 bits per heavy atom. The van der Waals surface area contributed by atoms with Crippen LogP contribution >= 0.6 is 0 Å². The van der Waals surface area contributed by atoms with Crippen molar-refractivity contribution in [1.29, 1.82) is 0 Å². The van der Waals surface area contributed by atoms with Crippen LogP contribution < -0.4 is 14.2 Å². The van der Waals surface area contributed by atoms with Gasteiger partial charge in [-0.05, 0) is 30.7 Å². The lowest BCUT2D eigenvalue weighted by atomic mass is 10.2. The van der Waals surface area contributed by atoms with E-state index in [4.69, 9.17) is 9.47 Å². The van der Waals surface area contributed by atoms with E-state index in [0.29, 0.717) is 11.5 Å². The molecule has 2 aromatic carbocycles. The minimum Gasteiger partial charge on any atom is -0.493 e. The van der Waals surface area contributed by atoms with E-state index in [0.717, 1.165) is 17.7 Å². The third kappa shape index (κ3) is 4.05. The van der Waals surface area contributed by atoms with Crippen molar-refractivity contribution in [2.75, 3.05) is 7.11 Å². The van der Waals surface area contributed by atoms with Crippen LogP contribution in [0.5, 0.6) is 23.0 Å². The van der Waals surface area contributed by atoms with Gasteiger partial charge in [0.15, 0.2) is 11.5 Å². The highest BCUT2D eigenvalue weighted by Gasteiger charge is 2.31. The molecule has 0 N–H and O–H groups in total. The van der Waals surface area contributed by atoms with E-state index >= 15 is 0 Å². The average Bonchev–Trinajstić information content (AvgIpc) is 2.40. The van der Waals surface area contributed by atoms with Gasteiger partial charge < -0.3 is 14.2 Å². The van der Waals surface area contributed by atoms with Crippen LogP contribution in [0.4, 0.5) is 13.2 Å². The quantitative estimate of drug-likeness (QED) is 0.819. The van der Waals surface area contributed by atoms with Crippen molar-refractivity contribution >= 4 is 0 Å². The molecule has 0 bridgehead atoms. The topological polar surface area (TPSA) is 27.7 Å². The Bertz CT molecular complexity index is 624. The van der Waals surface area contributed by atoms with Gasteiger partial charge in [-0.1, -0.05) is 18.2 Å². The summed E-state index contributed by atoms with van der Waals surface area (Å²) in [6.45, 7) is 1.83. The summed E-state index contributed by atoms with van der Waals surface area (Å²) in [4.78, 5) is 0. The van der Waals surface area contributed by atoms with Gasteiger partial charge in [-0.15, -0.1) is 13.2 Å². The van der Waals surface area contributed by atoms with Crippen LogP contribution in [0.3, 0.4) is 0 Å². The van der Waals surface area contributed by atoms with E-state index in [2.05, 4.69) is 4.74 Å². The second-order valence-corrected chi connectivity index (χ2v) is 4.23. The summed E-state index contributed by atoms with van der Waals surface area (Å²) in [5.41, 5.74) is 0.849. The van der Waals surface area contributed by atoms with Gasteiger partial charge in [0.2, 0.25) is 0 Å². The number of ether oxygens (including phenoxy) is 3. The molecule has 0 saturated carbocycles. The monoisotopic (exact) mass is 298 g/mol. The van der Waals surface area contributed by atoms with E-state index in [1.165, 1.54) is 13.2 Å². The molecule has 2 aromatic rings. The fourth-order valence-corrected chi connectivity index (χ4v) is 1.72. The Kier molecular flexibility index (Phi) is 4.26. The number of hydrogen-bond donors (Lipinski definition) is 0. The number of para-hydroxylation sites is 1. The molecular weight excluding hydrogens is 285 g/mol. The van der Waals surface area contributed by atoms with Crippen molar-refractivity contribution in [2.24, 2.45) is 0 Å². The Morgan fingerprint density at radius 2 is 1.62 bits per heavy atom. The lowest BCUT2D eigenvalue weighted by Crippen LogP contribution is -2.17. The average molecular weight is 298 g/mol. The first-order valence-corrected chi connectivity index (χ1v) is 6.06. The largest absolute Gasteiger partial charge is 0.573 e. The SMILES string of the molecule is COc1ccc(OC(F)(F)F)cc1Oc1ccccc1C. The molecular formula is C15H13F3O3. The molecule has 0 unspecified atom stereocenters. The molecule has 0 aliphatic heterocycles. The van der Waals surface area contributed by atoms with E-state index in [9.17, 15) is 13.2 Å². The molecule has 0 aliphatic rings. The predicted molar refractivity (Wildman–Crippen MR) is 70.9 cm³/mol.